The van der Waals surface area contributed by atoms with Crippen molar-refractivity contribution in [3.8, 4) is 0 Å². The summed E-state index contributed by atoms with van der Waals surface area (Å²) < 4.78 is 1.50. The Labute approximate surface area is 147 Å². The lowest BCUT2D eigenvalue weighted by molar-refractivity contribution is 0.0995. The van der Waals surface area contributed by atoms with Gasteiger partial charge in [-0.05, 0) is 26.0 Å². The molecule has 0 bridgehead atoms. The number of benzene rings is 1. The molecule has 0 radical (unpaired) electrons. The predicted molar refractivity (Wildman–Crippen MR) is 95.0 cm³/mol. The minimum Gasteiger partial charge on any atom is -0.293 e. The fraction of sp³-hybridized carbons (Fsp3) is 0.176. The van der Waals surface area contributed by atoms with Gasteiger partial charge in [-0.2, -0.15) is 5.10 Å². The molecular weight excluding hydrogens is 344 g/mol. The van der Waals surface area contributed by atoms with Gasteiger partial charge in [0.2, 0.25) is 0 Å². The van der Waals surface area contributed by atoms with E-state index in [9.17, 15) is 14.4 Å². The average molecular weight is 359 g/mol. The Bertz CT molecular complexity index is 1050. The molecule has 0 fully saturated rings. The predicted octanol–water partition coefficient (Wildman–Crippen LogP) is 2.15. The molecule has 2 heterocycles. The summed E-state index contributed by atoms with van der Waals surface area (Å²) in [6.45, 7) is 3.47. The second-order valence-corrected chi connectivity index (χ2v) is 5.83. The molecule has 8 heteroatoms. The summed E-state index contributed by atoms with van der Waals surface area (Å²) in [5.41, 5.74) is 4.13. The number of fused-ring (bicyclic) bond motifs is 1. The molecule has 25 heavy (non-hydrogen) atoms. The number of aromatic nitrogens is 3. The molecule has 0 unspecified atom stereocenters. The van der Waals surface area contributed by atoms with Gasteiger partial charge in [-0.1, -0.05) is 18.2 Å². The summed E-state index contributed by atoms with van der Waals surface area (Å²) in [5, 5.41) is 7.02. The van der Waals surface area contributed by atoms with Gasteiger partial charge in [-0.15, -0.1) is 11.6 Å². The third kappa shape index (κ3) is 2.94. The Morgan fingerprint density at radius 3 is 2.60 bits per heavy atom. The maximum absolute atomic E-state index is 12.7. The quantitative estimate of drug-likeness (QED) is 0.551. The van der Waals surface area contributed by atoms with Crippen molar-refractivity contribution in [1.82, 2.24) is 14.9 Å². The number of aryl methyl sites for hydroxylation is 1. The largest absolute Gasteiger partial charge is 0.293 e. The van der Waals surface area contributed by atoms with Crippen LogP contribution in [0.25, 0.3) is 10.8 Å². The second kappa shape index (κ2) is 6.52. The zero-order valence-electron chi connectivity index (χ0n) is 13.6. The van der Waals surface area contributed by atoms with Crippen molar-refractivity contribution in [2.24, 2.45) is 0 Å². The normalized spacial score (nSPS) is 10.8. The van der Waals surface area contributed by atoms with Crippen LogP contribution in [0.15, 0.2) is 35.1 Å². The summed E-state index contributed by atoms with van der Waals surface area (Å²) in [6.07, 6.45) is 0. The summed E-state index contributed by atoms with van der Waals surface area (Å²) in [4.78, 5) is 36.3. The molecule has 0 aliphatic heterocycles. The molecule has 0 spiro atoms. The van der Waals surface area contributed by atoms with Gasteiger partial charge < -0.3 is 0 Å². The highest BCUT2D eigenvalue weighted by Gasteiger charge is 2.19. The van der Waals surface area contributed by atoms with Crippen LogP contribution in [0.5, 0.6) is 0 Å². The number of hydrogen-bond acceptors (Lipinski definition) is 4. The van der Waals surface area contributed by atoms with Crippen LogP contribution in [0.3, 0.4) is 0 Å². The topological polar surface area (TPSA) is 96.8 Å². The molecule has 2 aromatic heterocycles. The van der Waals surface area contributed by atoms with Gasteiger partial charge >= 0.3 is 0 Å². The van der Waals surface area contributed by atoms with Crippen molar-refractivity contribution in [3.05, 3.63) is 63.3 Å². The first-order valence-electron chi connectivity index (χ1n) is 7.51. The maximum atomic E-state index is 12.7. The Hall–Kier alpha value is -2.93. The molecule has 3 aromatic rings. The summed E-state index contributed by atoms with van der Waals surface area (Å²) in [7, 11) is 0. The van der Waals surface area contributed by atoms with Gasteiger partial charge in [0.1, 0.15) is 0 Å². The SMILES string of the molecule is Cc1cc(C(=O)CCl)c(C)n1NC(=O)c1n[nH]c(=O)c2ccccc12. The highest BCUT2D eigenvalue weighted by atomic mass is 35.5. The number of nitrogens with zero attached hydrogens (tertiary/aromatic N) is 2. The molecule has 128 valence electrons. The molecule has 0 atom stereocenters. The number of H-pyrrole nitrogens is 1. The van der Waals surface area contributed by atoms with Crippen LogP contribution in [0.4, 0.5) is 0 Å². The molecule has 2 N–H and O–H groups in total. The van der Waals surface area contributed by atoms with E-state index in [-0.39, 0.29) is 22.9 Å². The molecule has 7 nitrogen and oxygen atoms in total. The van der Waals surface area contributed by atoms with Crippen LogP contribution in [0.1, 0.15) is 32.2 Å². The Kier molecular flexibility index (Phi) is 4.41. The molecule has 0 aliphatic carbocycles. The second-order valence-electron chi connectivity index (χ2n) is 5.56. The number of halogens is 1. The third-order valence-corrected chi connectivity index (χ3v) is 4.22. The van der Waals surface area contributed by atoms with E-state index >= 15 is 0 Å². The highest BCUT2D eigenvalue weighted by molar-refractivity contribution is 6.30. The number of rotatable bonds is 4. The number of nitrogens with one attached hydrogen (secondary N) is 2. The first-order chi connectivity index (χ1) is 11.9. The van der Waals surface area contributed by atoms with Gasteiger partial charge in [0, 0.05) is 22.3 Å². The standard InChI is InChI=1S/C17H15ClN4O3/c1-9-7-13(14(23)8-18)10(2)22(9)21-17(25)15-11-5-3-4-6-12(11)16(24)20-19-15/h3-7H,8H2,1-2H3,(H,20,24)(H,21,25). The molecule has 1 amide bonds. The Balaban J connectivity index is 2.02. The van der Waals surface area contributed by atoms with E-state index in [1.807, 2.05) is 0 Å². The summed E-state index contributed by atoms with van der Waals surface area (Å²) >= 11 is 5.61. The van der Waals surface area contributed by atoms with E-state index in [0.717, 1.165) is 0 Å². The van der Waals surface area contributed by atoms with Gasteiger partial charge in [-0.3, -0.25) is 24.5 Å². The van der Waals surface area contributed by atoms with E-state index < -0.39 is 5.91 Å². The molecule has 1 aromatic carbocycles. The smallest absolute Gasteiger partial charge is 0.291 e. The number of hydrogen-bond donors (Lipinski definition) is 2. The lowest BCUT2D eigenvalue weighted by Crippen LogP contribution is -2.27. The van der Waals surface area contributed by atoms with Crippen LogP contribution in [0, 0.1) is 13.8 Å². The van der Waals surface area contributed by atoms with Crippen molar-refractivity contribution in [2.75, 3.05) is 11.3 Å². The van der Waals surface area contributed by atoms with Crippen molar-refractivity contribution in [3.63, 3.8) is 0 Å². The maximum Gasteiger partial charge on any atom is 0.291 e. The summed E-state index contributed by atoms with van der Waals surface area (Å²) in [5.74, 6) is -0.855. The first-order valence-corrected chi connectivity index (χ1v) is 8.04. The van der Waals surface area contributed by atoms with Gasteiger partial charge in [-0.25, -0.2) is 5.10 Å². The van der Waals surface area contributed by atoms with E-state index in [4.69, 9.17) is 11.6 Å². The zero-order valence-corrected chi connectivity index (χ0v) is 14.3. The van der Waals surface area contributed by atoms with Crippen molar-refractivity contribution in [2.45, 2.75) is 13.8 Å². The highest BCUT2D eigenvalue weighted by Crippen LogP contribution is 2.17. The van der Waals surface area contributed by atoms with Gasteiger partial charge in [0.25, 0.3) is 11.5 Å². The minimum atomic E-state index is -0.501. The van der Waals surface area contributed by atoms with Gasteiger partial charge in [0.05, 0.1) is 11.3 Å². The van der Waals surface area contributed by atoms with E-state index in [1.54, 1.807) is 44.2 Å². The Morgan fingerprint density at radius 1 is 1.24 bits per heavy atom. The van der Waals surface area contributed by atoms with E-state index in [1.165, 1.54) is 4.68 Å². The lowest BCUT2D eigenvalue weighted by atomic mass is 10.1. The number of ketones is 1. The van der Waals surface area contributed by atoms with Crippen molar-refractivity contribution in [1.29, 1.82) is 0 Å². The van der Waals surface area contributed by atoms with E-state index in [2.05, 4.69) is 15.6 Å². The van der Waals surface area contributed by atoms with Gasteiger partial charge in [0.15, 0.2) is 11.5 Å². The number of aromatic amines is 1. The average Bonchev–Trinajstić information content (AvgIpc) is 2.89. The lowest BCUT2D eigenvalue weighted by Gasteiger charge is -2.12. The fourth-order valence-corrected chi connectivity index (χ4v) is 2.88. The molecular formula is C17H15ClN4O3. The first kappa shape index (κ1) is 16.9. The minimum absolute atomic E-state index is 0.0907. The third-order valence-electron chi connectivity index (χ3n) is 3.98. The molecule has 0 saturated carbocycles. The van der Waals surface area contributed by atoms with Crippen LogP contribution < -0.4 is 11.0 Å². The van der Waals surface area contributed by atoms with Crippen LogP contribution in [0.2, 0.25) is 0 Å². The van der Waals surface area contributed by atoms with Crippen molar-refractivity contribution >= 4 is 34.1 Å². The summed E-state index contributed by atoms with van der Waals surface area (Å²) in [6, 6.07) is 8.38. The van der Waals surface area contributed by atoms with E-state index in [0.29, 0.717) is 27.7 Å². The monoisotopic (exact) mass is 358 g/mol. The number of Topliss-reactive ketones (excluding diaryl/α,β-unsaturated/α-hetero) is 1. The Morgan fingerprint density at radius 2 is 1.92 bits per heavy atom. The number of carbonyl (C=O) groups is 2. The number of amides is 1. The zero-order chi connectivity index (χ0) is 18.1. The van der Waals surface area contributed by atoms with Crippen LogP contribution >= 0.6 is 11.6 Å². The van der Waals surface area contributed by atoms with Crippen LogP contribution in [-0.4, -0.2) is 32.4 Å². The van der Waals surface area contributed by atoms with Crippen LogP contribution in [-0.2, 0) is 0 Å². The number of alkyl halides is 1. The molecule has 0 aliphatic rings. The number of carbonyl (C=O) groups excluding carboxylic acids is 2. The molecule has 0 saturated heterocycles. The molecule has 3 rings (SSSR count). The van der Waals surface area contributed by atoms with Crippen molar-refractivity contribution < 1.29 is 9.59 Å². The fourth-order valence-electron chi connectivity index (χ4n) is 2.73.